The molecule has 0 rings (SSSR count). The fourth-order valence-electron chi connectivity index (χ4n) is 1.61. The van der Waals surface area contributed by atoms with Gasteiger partial charge in [0.05, 0.1) is 0 Å². The zero-order chi connectivity index (χ0) is 13.0. The van der Waals surface area contributed by atoms with E-state index in [0.717, 1.165) is 0 Å². The van der Waals surface area contributed by atoms with Crippen LogP contribution in [0, 0.1) is 5.41 Å². The molecule has 0 aliphatic carbocycles. The molecular weight excluding hydrogens is 206 g/mol. The number of carbonyl (C=O) groups is 1. The van der Waals surface area contributed by atoms with E-state index in [1.165, 1.54) is 0 Å². The second kappa shape index (κ2) is 5.18. The van der Waals surface area contributed by atoms with Gasteiger partial charge in [0.15, 0.2) is 5.84 Å². The van der Waals surface area contributed by atoms with Gasteiger partial charge in [0.2, 0.25) is 5.91 Å². The second-order valence-electron chi connectivity index (χ2n) is 4.98. The molecule has 0 saturated heterocycles. The smallest absolute Gasteiger partial charge is 0.234 e. The van der Waals surface area contributed by atoms with E-state index >= 15 is 0 Å². The lowest BCUT2D eigenvalue weighted by molar-refractivity contribution is -0.129. The SMILES string of the molecule is CCC(CC)(C(=O)NC(C)(C)C)C(N)=NO. The molecule has 0 heterocycles. The fourth-order valence-corrected chi connectivity index (χ4v) is 1.61. The van der Waals surface area contributed by atoms with Crippen LogP contribution in [0.15, 0.2) is 5.16 Å². The van der Waals surface area contributed by atoms with Crippen molar-refractivity contribution >= 4 is 11.7 Å². The van der Waals surface area contributed by atoms with Crippen molar-refractivity contribution in [2.45, 2.75) is 53.0 Å². The van der Waals surface area contributed by atoms with Gasteiger partial charge in [-0.25, -0.2) is 0 Å². The van der Waals surface area contributed by atoms with Crippen LogP contribution in [0.2, 0.25) is 0 Å². The minimum atomic E-state index is -0.915. The predicted molar refractivity (Wildman–Crippen MR) is 64.3 cm³/mol. The van der Waals surface area contributed by atoms with Crippen molar-refractivity contribution in [1.82, 2.24) is 5.32 Å². The lowest BCUT2D eigenvalue weighted by Crippen LogP contribution is -2.54. The summed E-state index contributed by atoms with van der Waals surface area (Å²) in [4.78, 5) is 12.2. The van der Waals surface area contributed by atoms with Crippen molar-refractivity contribution in [3.63, 3.8) is 0 Å². The number of rotatable bonds is 4. The van der Waals surface area contributed by atoms with Gasteiger partial charge in [0.1, 0.15) is 5.41 Å². The van der Waals surface area contributed by atoms with Gasteiger partial charge in [-0.05, 0) is 33.6 Å². The summed E-state index contributed by atoms with van der Waals surface area (Å²) in [5, 5.41) is 14.6. The van der Waals surface area contributed by atoms with E-state index in [4.69, 9.17) is 10.9 Å². The third-order valence-corrected chi connectivity index (χ3v) is 2.73. The van der Waals surface area contributed by atoms with Gasteiger partial charge in [-0.15, -0.1) is 0 Å². The highest BCUT2D eigenvalue weighted by molar-refractivity contribution is 6.06. The number of hydrogen-bond donors (Lipinski definition) is 3. The largest absolute Gasteiger partial charge is 0.409 e. The average Bonchev–Trinajstić information content (AvgIpc) is 2.17. The van der Waals surface area contributed by atoms with Gasteiger partial charge >= 0.3 is 0 Å². The Bertz CT molecular complexity index is 275. The fraction of sp³-hybridized carbons (Fsp3) is 0.818. The van der Waals surface area contributed by atoms with Crippen LogP contribution in [-0.4, -0.2) is 22.5 Å². The van der Waals surface area contributed by atoms with Crippen LogP contribution in [0.4, 0.5) is 0 Å². The Labute approximate surface area is 97.1 Å². The standard InChI is InChI=1S/C11H23N3O2/c1-6-11(7-2,8(12)14-16)9(15)13-10(3,4)5/h16H,6-7H2,1-5H3,(H2,12,14)(H,13,15). The van der Waals surface area contributed by atoms with E-state index in [2.05, 4.69) is 10.5 Å². The monoisotopic (exact) mass is 229 g/mol. The molecule has 94 valence electrons. The van der Waals surface area contributed by atoms with Gasteiger partial charge in [-0.2, -0.15) is 0 Å². The minimum Gasteiger partial charge on any atom is -0.409 e. The zero-order valence-electron chi connectivity index (χ0n) is 10.8. The maximum atomic E-state index is 12.2. The molecule has 0 spiro atoms. The average molecular weight is 229 g/mol. The van der Waals surface area contributed by atoms with Crippen molar-refractivity contribution in [3.8, 4) is 0 Å². The highest BCUT2D eigenvalue weighted by atomic mass is 16.4. The number of nitrogens with two attached hydrogens (primary N) is 1. The highest BCUT2D eigenvalue weighted by Crippen LogP contribution is 2.27. The molecule has 0 bridgehead atoms. The molecule has 0 atom stereocenters. The highest BCUT2D eigenvalue weighted by Gasteiger charge is 2.40. The van der Waals surface area contributed by atoms with E-state index in [-0.39, 0.29) is 17.3 Å². The van der Waals surface area contributed by atoms with Gasteiger partial charge in [-0.1, -0.05) is 19.0 Å². The van der Waals surface area contributed by atoms with Crippen LogP contribution in [0.5, 0.6) is 0 Å². The Kier molecular flexibility index (Phi) is 4.78. The van der Waals surface area contributed by atoms with E-state index < -0.39 is 5.41 Å². The van der Waals surface area contributed by atoms with Crippen molar-refractivity contribution in [2.24, 2.45) is 16.3 Å². The lowest BCUT2D eigenvalue weighted by atomic mass is 9.79. The Morgan fingerprint density at radius 1 is 1.31 bits per heavy atom. The van der Waals surface area contributed by atoms with Gasteiger partial charge in [0.25, 0.3) is 0 Å². The van der Waals surface area contributed by atoms with Gasteiger partial charge in [-0.3, -0.25) is 4.79 Å². The van der Waals surface area contributed by atoms with Crippen LogP contribution in [-0.2, 0) is 4.79 Å². The Morgan fingerprint density at radius 2 is 1.75 bits per heavy atom. The first-order valence-corrected chi connectivity index (χ1v) is 5.54. The van der Waals surface area contributed by atoms with Crippen LogP contribution in [0.3, 0.4) is 0 Å². The molecule has 1 amide bonds. The molecule has 0 aliphatic rings. The number of oxime groups is 1. The normalized spacial score (nSPS) is 13.7. The number of amides is 1. The molecule has 16 heavy (non-hydrogen) atoms. The lowest BCUT2D eigenvalue weighted by Gasteiger charge is -2.32. The summed E-state index contributed by atoms with van der Waals surface area (Å²) in [6, 6.07) is 0. The molecule has 0 aromatic heterocycles. The summed E-state index contributed by atoms with van der Waals surface area (Å²) in [7, 11) is 0. The molecule has 4 N–H and O–H groups in total. The number of nitrogens with one attached hydrogen (secondary N) is 1. The van der Waals surface area contributed by atoms with Gasteiger partial charge < -0.3 is 16.3 Å². The molecule has 0 saturated carbocycles. The van der Waals surface area contributed by atoms with Crippen LogP contribution < -0.4 is 11.1 Å². The first-order valence-electron chi connectivity index (χ1n) is 5.54. The van der Waals surface area contributed by atoms with Crippen LogP contribution in [0.25, 0.3) is 0 Å². The van der Waals surface area contributed by atoms with Crippen molar-refractivity contribution in [3.05, 3.63) is 0 Å². The summed E-state index contributed by atoms with van der Waals surface area (Å²) in [6.07, 6.45) is 1.00. The van der Waals surface area contributed by atoms with Crippen molar-refractivity contribution in [1.29, 1.82) is 0 Å². The number of nitrogens with zero attached hydrogens (tertiary/aromatic N) is 1. The van der Waals surface area contributed by atoms with E-state index in [0.29, 0.717) is 12.8 Å². The molecule has 5 nitrogen and oxygen atoms in total. The summed E-state index contributed by atoms with van der Waals surface area (Å²) < 4.78 is 0. The molecule has 0 aliphatic heterocycles. The first-order chi connectivity index (χ1) is 7.23. The maximum absolute atomic E-state index is 12.2. The number of carbonyl (C=O) groups excluding carboxylic acids is 1. The topological polar surface area (TPSA) is 87.7 Å². The molecular formula is C11H23N3O2. The van der Waals surface area contributed by atoms with Gasteiger partial charge in [0, 0.05) is 5.54 Å². The maximum Gasteiger partial charge on any atom is 0.234 e. The van der Waals surface area contributed by atoms with E-state index in [1.807, 2.05) is 34.6 Å². The second-order valence-corrected chi connectivity index (χ2v) is 4.98. The summed E-state index contributed by atoms with van der Waals surface area (Å²) >= 11 is 0. The van der Waals surface area contributed by atoms with Crippen molar-refractivity contribution < 1.29 is 10.0 Å². The van der Waals surface area contributed by atoms with E-state index in [1.54, 1.807) is 0 Å². The zero-order valence-corrected chi connectivity index (χ0v) is 10.8. The van der Waals surface area contributed by atoms with E-state index in [9.17, 15) is 4.79 Å². The summed E-state index contributed by atoms with van der Waals surface area (Å²) in [5.74, 6) is -0.223. The molecule has 0 aromatic carbocycles. The number of hydrogen-bond acceptors (Lipinski definition) is 3. The third-order valence-electron chi connectivity index (χ3n) is 2.73. The molecule has 0 unspecified atom stereocenters. The molecule has 0 aromatic rings. The molecule has 5 heteroatoms. The summed E-state index contributed by atoms with van der Waals surface area (Å²) in [6.45, 7) is 9.39. The predicted octanol–water partition coefficient (Wildman–Crippen LogP) is 1.45. The number of amidine groups is 1. The Balaban J connectivity index is 5.14. The van der Waals surface area contributed by atoms with Crippen molar-refractivity contribution in [2.75, 3.05) is 0 Å². The minimum absolute atomic E-state index is 0.0285. The third kappa shape index (κ3) is 3.12. The summed E-state index contributed by atoms with van der Waals surface area (Å²) in [5.41, 5.74) is 4.39. The Morgan fingerprint density at radius 3 is 2.00 bits per heavy atom. The molecule has 0 radical (unpaired) electrons. The molecule has 0 fully saturated rings. The Hall–Kier alpha value is -1.26. The quantitative estimate of drug-likeness (QED) is 0.295. The van der Waals surface area contributed by atoms with Crippen LogP contribution in [0.1, 0.15) is 47.5 Å². The van der Waals surface area contributed by atoms with Crippen LogP contribution >= 0.6 is 0 Å². The first kappa shape index (κ1) is 14.7.